The SMILES string of the molecule is CN(CCc1ccncc1)C(=O)c1ccc2ncoc2c1. The third-order valence-electron chi connectivity index (χ3n) is 3.41. The molecule has 5 heteroatoms. The number of aromatic nitrogens is 2. The zero-order valence-electron chi connectivity index (χ0n) is 11.7. The predicted molar refractivity (Wildman–Crippen MR) is 78.9 cm³/mol. The number of carbonyl (C=O) groups excluding carboxylic acids is 1. The highest BCUT2D eigenvalue weighted by Crippen LogP contribution is 2.15. The van der Waals surface area contributed by atoms with Gasteiger partial charge >= 0.3 is 0 Å². The van der Waals surface area contributed by atoms with Crippen molar-refractivity contribution in [2.24, 2.45) is 0 Å². The summed E-state index contributed by atoms with van der Waals surface area (Å²) < 4.78 is 5.23. The van der Waals surface area contributed by atoms with E-state index in [4.69, 9.17) is 4.42 Å². The molecule has 0 aliphatic heterocycles. The summed E-state index contributed by atoms with van der Waals surface area (Å²) in [5.41, 5.74) is 3.15. The number of carbonyl (C=O) groups is 1. The lowest BCUT2D eigenvalue weighted by atomic mass is 10.1. The first-order valence-electron chi connectivity index (χ1n) is 6.71. The van der Waals surface area contributed by atoms with Crippen molar-refractivity contribution >= 4 is 17.0 Å². The average Bonchev–Trinajstić information content (AvgIpc) is 3.00. The van der Waals surface area contributed by atoms with Gasteiger partial charge in [0.15, 0.2) is 12.0 Å². The van der Waals surface area contributed by atoms with E-state index in [-0.39, 0.29) is 5.91 Å². The van der Waals surface area contributed by atoms with E-state index < -0.39 is 0 Å². The van der Waals surface area contributed by atoms with E-state index in [0.29, 0.717) is 17.7 Å². The number of pyridine rings is 1. The fourth-order valence-electron chi connectivity index (χ4n) is 2.16. The standard InChI is InChI=1S/C16H15N3O2/c1-19(9-6-12-4-7-17-8-5-12)16(20)13-2-3-14-15(10-13)21-11-18-14/h2-5,7-8,10-11H,6,9H2,1H3. The van der Waals surface area contributed by atoms with Crippen LogP contribution >= 0.6 is 0 Å². The van der Waals surface area contributed by atoms with Crippen LogP contribution in [0.5, 0.6) is 0 Å². The second-order valence-electron chi connectivity index (χ2n) is 4.87. The smallest absolute Gasteiger partial charge is 0.253 e. The van der Waals surface area contributed by atoms with Gasteiger partial charge in [0.25, 0.3) is 5.91 Å². The highest BCUT2D eigenvalue weighted by atomic mass is 16.3. The molecule has 3 aromatic rings. The van der Waals surface area contributed by atoms with Crippen LogP contribution in [0, 0.1) is 0 Å². The van der Waals surface area contributed by atoms with Crippen molar-refractivity contribution in [2.45, 2.75) is 6.42 Å². The fraction of sp³-hybridized carbons (Fsp3) is 0.188. The van der Waals surface area contributed by atoms with Gasteiger partial charge in [-0.25, -0.2) is 4.98 Å². The largest absolute Gasteiger partial charge is 0.443 e. The van der Waals surface area contributed by atoms with E-state index in [1.165, 1.54) is 6.39 Å². The van der Waals surface area contributed by atoms with Gasteiger partial charge in [0.2, 0.25) is 0 Å². The quantitative estimate of drug-likeness (QED) is 0.737. The van der Waals surface area contributed by atoms with E-state index in [2.05, 4.69) is 9.97 Å². The summed E-state index contributed by atoms with van der Waals surface area (Å²) in [7, 11) is 1.80. The zero-order valence-corrected chi connectivity index (χ0v) is 11.7. The normalized spacial score (nSPS) is 10.7. The highest BCUT2D eigenvalue weighted by molar-refractivity contribution is 5.96. The summed E-state index contributed by atoms with van der Waals surface area (Å²) in [6.45, 7) is 0.650. The Morgan fingerprint density at radius 2 is 2.05 bits per heavy atom. The Bertz CT molecular complexity index is 752. The summed E-state index contributed by atoms with van der Waals surface area (Å²) >= 11 is 0. The molecule has 106 valence electrons. The maximum Gasteiger partial charge on any atom is 0.253 e. The van der Waals surface area contributed by atoms with Crippen LogP contribution in [0.2, 0.25) is 0 Å². The van der Waals surface area contributed by atoms with Gasteiger partial charge in [-0.1, -0.05) is 0 Å². The van der Waals surface area contributed by atoms with E-state index in [1.807, 2.05) is 12.1 Å². The van der Waals surface area contributed by atoms with E-state index in [0.717, 1.165) is 17.5 Å². The Labute approximate surface area is 122 Å². The van der Waals surface area contributed by atoms with Crippen molar-refractivity contribution in [3.63, 3.8) is 0 Å². The Hall–Kier alpha value is -2.69. The molecule has 0 saturated heterocycles. The monoisotopic (exact) mass is 281 g/mol. The Morgan fingerprint density at radius 1 is 1.24 bits per heavy atom. The maximum absolute atomic E-state index is 12.4. The molecule has 2 aromatic heterocycles. The molecule has 0 fully saturated rings. The zero-order chi connectivity index (χ0) is 14.7. The number of nitrogens with zero attached hydrogens (tertiary/aromatic N) is 3. The first-order chi connectivity index (χ1) is 10.2. The van der Waals surface area contributed by atoms with E-state index >= 15 is 0 Å². The van der Waals surface area contributed by atoms with Crippen molar-refractivity contribution in [3.8, 4) is 0 Å². The highest BCUT2D eigenvalue weighted by Gasteiger charge is 2.13. The van der Waals surface area contributed by atoms with Gasteiger partial charge in [-0.2, -0.15) is 0 Å². The van der Waals surface area contributed by atoms with Gasteiger partial charge in [-0.15, -0.1) is 0 Å². The summed E-state index contributed by atoms with van der Waals surface area (Å²) in [6, 6.07) is 9.21. The first kappa shape index (κ1) is 13.3. The Balaban J connectivity index is 1.69. The van der Waals surface area contributed by atoms with Gasteiger partial charge in [0, 0.05) is 31.5 Å². The Morgan fingerprint density at radius 3 is 2.86 bits per heavy atom. The number of hydrogen-bond donors (Lipinski definition) is 0. The van der Waals surface area contributed by atoms with Gasteiger partial charge in [-0.3, -0.25) is 9.78 Å². The topological polar surface area (TPSA) is 59.2 Å². The van der Waals surface area contributed by atoms with Crippen LogP contribution in [0.3, 0.4) is 0 Å². The van der Waals surface area contributed by atoms with Crippen molar-refractivity contribution in [1.29, 1.82) is 0 Å². The molecule has 0 unspecified atom stereocenters. The van der Waals surface area contributed by atoms with Crippen LogP contribution in [0.1, 0.15) is 15.9 Å². The number of fused-ring (bicyclic) bond motifs is 1. The molecule has 0 N–H and O–H groups in total. The molecule has 0 spiro atoms. The number of likely N-dealkylation sites (N-methyl/N-ethyl adjacent to an activating group) is 1. The number of amides is 1. The van der Waals surface area contributed by atoms with Gasteiger partial charge in [-0.05, 0) is 42.3 Å². The lowest BCUT2D eigenvalue weighted by molar-refractivity contribution is 0.0796. The third-order valence-corrected chi connectivity index (χ3v) is 3.41. The minimum Gasteiger partial charge on any atom is -0.443 e. The second-order valence-corrected chi connectivity index (χ2v) is 4.87. The summed E-state index contributed by atoms with van der Waals surface area (Å²) in [6.07, 6.45) is 5.70. The molecule has 0 bridgehead atoms. The summed E-state index contributed by atoms with van der Waals surface area (Å²) in [4.78, 5) is 22.1. The van der Waals surface area contributed by atoms with Crippen molar-refractivity contribution in [1.82, 2.24) is 14.9 Å². The number of oxazole rings is 1. The first-order valence-corrected chi connectivity index (χ1v) is 6.71. The lowest BCUT2D eigenvalue weighted by Crippen LogP contribution is -2.28. The van der Waals surface area contributed by atoms with Crippen LogP contribution in [-0.2, 0) is 6.42 Å². The van der Waals surface area contributed by atoms with Gasteiger partial charge in [0.1, 0.15) is 5.52 Å². The molecular formula is C16H15N3O2. The summed E-state index contributed by atoms with van der Waals surface area (Å²) in [5.74, 6) is -0.0256. The average molecular weight is 281 g/mol. The molecule has 0 atom stereocenters. The van der Waals surface area contributed by atoms with Crippen LogP contribution in [0.25, 0.3) is 11.1 Å². The minimum atomic E-state index is -0.0256. The van der Waals surface area contributed by atoms with Crippen LogP contribution in [0.15, 0.2) is 53.5 Å². The van der Waals surface area contributed by atoms with Crippen LogP contribution < -0.4 is 0 Å². The maximum atomic E-state index is 12.4. The van der Waals surface area contributed by atoms with Crippen molar-refractivity contribution in [2.75, 3.05) is 13.6 Å². The third kappa shape index (κ3) is 2.91. The Kier molecular flexibility index (Phi) is 3.64. The number of rotatable bonds is 4. The molecule has 21 heavy (non-hydrogen) atoms. The van der Waals surface area contributed by atoms with Crippen molar-refractivity contribution in [3.05, 3.63) is 60.2 Å². The van der Waals surface area contributed by atoms with Crippen LogP contribution in [-0.4, -0.2) is 34.4 Å². The minimum absolute atomic E-state index is 0.0256. The number of benzene rings is 1. The molecule has 5 nitrogen and oxygen atoms in total. The predicted octanol–water partition coefficient (Wildman–Crippen LogP) is 2.54. The van der Waals surface area contributed by atoms with Crippen LogP contribution in [0.4, 0.5) is 0 Å². The number of hydrogen-bond acceptors (Lipinski definition) is 4. The molecule has 1 amide bonds. The second kappa shape index (κ2) is 5.75. The molecule has 3 rings (SSSR count). The molecule has 0 radical (unpaired) electrons. The van der Waals surface area contributed by atoms with Gasteiger partial charge in [0.05, 0.1) is 0 Å². The van der Waals surface area contributed by atoms with E-state index in [9.17, 15) is 4.79 Å². The van der Waals surface area contributed by atoms with Crippen molar-refractivity contribution < 1.29 is 9.21 Å². The molecule has 1 aromatic carbocycles. The molecular weight excluding hydrogens is 266 g/mol. The molecule has 0 saturated carbocycles. The van der Waals surface area contributed by atoms with Gasteiger partial charge < -0.3 is 9.32 Å². The summed E-state index contributed by atoms with van der Waals surface area (Å²) in [5, 5.41) is 0. The molecule has 0 aliphatic rings. The fourth-order valence-corrected chi connectivity index (χ4v) is 2.16. The lowest BCUT2D eigenvalue weighted by Gasteiger charge is -2.17. The molecule has 0 aliphatic carbocycles. The molecule has 2 heterocycles. The van der Waals surface area contributed by atoms with E-state index in [1.54, 1.807) is 42.5 Å².